The first-order valence-electron chi connectivity index (χ1n) is 10.1. The number of hydrogen-bond donors (Lipinski definition) is 3. The zero-order valence-corrected chi connectivity index (χ0v) is 17.1. The molecule has 5 nitrogen and oxygen atoms in total. The number of amides is 2. The molecule has 8 heteroatoms. The summed E-state index contributed by atoms with van der Waals surface area (Å²) in [6.45, 7) is 0. The predicted molar refractivity (Wildman–Crippen MR) is 123 cm³/mol. The quantitative estimate of drug-likeness (QED) is 0.278. The molecule has 2 aromatic heterocycles. The van der Waals surface area contributed by atoms with E-state index in [1.165, 1.54) is 12.1 Å². The first-order valence-corrected chi connectivity index (χ1v) is 10.1. The summed E-state index contributed by atoms with van der Waals surface area (Å²) in [7, 11) is 0. The summed E-state index contributed by atoms with van der Waals surface area (Å²) in [5.74, 6) is 0. The van der Waals surface area contributed by atoms with Crippen molar-refractivity contribution in [2.75, 3.05) is 10.6 Å². The van der Waals surface area contributed by atoms with Gasteiger partial charge in [0, 0.05) is 39.9 Å². The first-order chi connectivity index (χ1) is 15.9. The van der Waals surface area contributed by atoms with Gasteiger partial charge in [-0.25, -0.2) is 4.79 Å². The van der Waals surface area contributed by atoms with Crippen LogP contribution in [0.4, 0.5) is 29.3 Å². The number of carbonyl (C=O) groups excluding carboxylic acids is 1. The van der Waals surface area contributed by atoms with Crippen molar-refractivity contribution in [1.29, 1.82) is 0 Å². The number of urea groups is 1. The van der Waals surface area contributed by atoms with Crippen molar-refractivity contribution in [2.24, 2.45) is 0 Å². The topological polar surface area (TPSA) is 69.8 Å². The number of nitrogens with one attached hydrogen (secondary N) is 3. The molecule has 0 unspecified atom stereocenters. The van der Waals surface area contributed by atoms with Crippen LogP contribution in [0.2, 0.25) is 0 Å². The van der Waals surface area contributed by atoms with Crippen molar-refractivity contribution in [1.82, 2.24) is 9.97 Å². The summed E-state index contributed by atoms with van der Waals surface area (Å²) in [5, 5.41) is 7.13. The minimum Gasteiger partial charge on any atom is -0.359 e. The standard InChI is InChI=1S/C25H17F3N4O/c26-25(27,28)17-7-9-18(10-8-17)31-24(33)32-22-14-30-21-11-6-16(13-20(21)22)19-5-1-3-15-4-2-12-29-23(15)19/h1-14,30H,(H2,31,32,33). The highest BCUT2D eigenvalue weighted by atomic mass is 19.4. The fourth-order valence-corrected chi connectivity index (χ4v) is 3.76. The van der Waals surface area contributed by atoms with Gasteiger partial charge in [-0.05, 0) is 48.0 Å². The fraction of sp³-hybridized carbons (Fsp3) is 0.0400. The molecule has 33 heavy (non-hydrogen) atoms. The number of H-pyrrole nitrogens is 1. The fourth-order valence-electron chi connectivity index (χ4n) is 3.76. The molecule has 164 valence electrons. The molecule has 0 fully saturated rings. The van der Waals surface area contributed by atoms with E-state index in [0.717, 1.165) is 45.1 Å². The zero-order valence-electron chi connectivity index (χ0n) is 17.1. The Kier molecular flexibility index (Phi) is 4.97. The van der Waals surface area contributed by atoms with Crippen molar-refractivity contribution >= 4 is 39.2 Å². The maximum atomic E-state index is 12.7. The molecule has 3 N–H and O–H groups in total. The summed E-state index contributed by atoms with van der Waals surface area (Å²) >= 11 is 0. The number of hydrogen-bond acceptors (Lipinski definition) is 2. The molecule has 0 bridgehead atoms. The summed E-state index contributed by atoms with van der Waals surface area (Å²) in [5.41, 5.74) is 3.64. The minimum atomic E-state index is -4.43. The van der Waals surface area contributed by atoms with E-state index < -0.39 is 17.8 Å². The Balaban J connectivity index is 1.41. The van der Waals surface area contributed by atoms with Crippen LogP contribution in [0.25, 0.3) is 32.9 Å². The molecule has 0 spiro atoms. The normalized spacial score (nSPS) is 11.6. The van der Waals surface area contributed by atoms with E-state index >= 15 is 0 Å². The average molecular weight is 446 g/mol. The monoisotopic (exact) mass is 446 g/mol. The summed E-state index contributed by atoms with van der Waals surface area (Å²) in [4.78, 5) is 20.1. The molecule has 2 amide bonds. The van der Waals surface area contributed by atoms with Crippen LogP contribution in [0.3, 0.4) is 0 Å². The molecule has 2 heterocycles. The number of fused-ring (bicyclic) bond motifs is 2. The van der Waals surface area contributed by atoms with Crippen LogP contribution in [0.5, 0.6) is 0 Å². The molecule has 0 atom stereocenters. The Morgan fingerprint density at radius 3 is 2.48 bits per heavy atom. The number of nitrogens with zero attached hydrogens (tertiary/aromatic N) is 1. The van der Waals surface area contributed by atoms with Crippen molar-refractivity contribution in [3.8, 4) is 11.1 Å². The lowest BCUT2D eigenvalue weighted by molar-refractivity contribution is -0.137. The average Bonchev–Trinajstić information content (AvgIpc) is 3.20. The van der Waals surface area contributed by atoms with Crippen LogP contribution >= 0.6 is 0 Å². The van der Waals surface area contributed by atoms with E-state index in [9.17, 15) is 18.0 Å². The van der Waals surface area contributed by atoms with E-state index in [4.69, 9.17) is 0 Å². The van der Waals surface area contributed by atoms with Gasteiger partial charge in [0.25, 0.3) is 0 Å². The van der Waals surface area contributed by atoms with E-state index in [1.807, 2.05) is 48.5 Å². The van der Waals surface area contributed by atoms with E-state index in [1.54, 1.807) is 12.4 Å². The highest BCUT2D eigenvalue weighted by Gasteiger charge is 2.30. The van der Waals surface area contributed by atoms with Gasteiger partial charge in [0.1, 0.15) is 0 Å². The lowest BCUT2D eigenvalue weighted by atomic mass is 10.0. The van der Waals surface area contributed by atoms with Gasteiger partial charge in [-0.1, -0.05) is 30.3 Å². The number of rotatable bonds is 3. The maximum absolute atomic E-state index is 12.7. The van der Waals surface area contributed by atoms with Crippen LogP contribution in [0.1, 0.15) is 5.56 Å². The lowest BCUT2D eigenvalue weighted by Gasteiger charge is -2.10. The Morgan fingerprint density at radius 1 is 0.909 bits per heavy atom. The molecule has 0 aliphatic heterocycles. The van der Waals surface area contributed by atoms with Crippen LogP contribution in [-0.4, -0.2) is 16.0 Å². The van der Waals surface area contributed by atoms with Gasteiger partial charge in [0.15, 0.2) is 0 Å². The van der Waals surface area contributed by atoms with E-state index in [-0.39, 0.29) is 5.69 Å². The predicted octanol–water partition coefficient (Wildman–Crippen LogP) is 7.05. The Morgan fingerprint density at radius 2 is 1.70 bits per heavy atom. The molecular formula is C25H17F3N4O. The maximum Gasteiger partial charge on any atom is 0.416 e. The van der Waals surface area contributed by atoms with Crippen LogP contribution < -0.4 is 10.6 Å². The molecule has 0 radical (unpaired) electrons. The minimum absolute atomic E-state index is 0.253. The summed E-state index contributed by atoms with van der Waals surface area (Å²) in [6.07, 6.45) is -1.01. The largest absolute Gasteiger partial charge is 0.416 e. The molecule has 0 aliphatic rings. The molecular weight excluding hydrogens is 429 g/mol. The Hall–Kier alpha value is -4.33. The third kappa shape index (κ3) is 4.10. The number of anilines is 2. The second-order valence-corrected chi connectivity index (χ2v) is 7.50. The number of carbonyl (C=O) groups is 1. The van der Waals surface area contributed by atoms with Crippen molar-refractivity contribution < 1.29 is 18.0 Å². The van der Waals surface area contributed by atoms with Gasteiger partial charge in [-0.15, -0.1) is 0 Å². The summed E-state index contributed by atoms with van der Waals surface area (Å²) in [6, 6.07) is 19.4. The third-order valence-electron chi connectivity index (χ3n) is 5.34. The van der Waals surface area contributed by atoms with Crippen LogP contribution in [-0.2, 0) is 6.18 Å². The second kappa shape index (κ2) is 7.98. The van der Waals surface area contributed by atoms with Crippen molar-refractivity contribution in [2.45, 2.75) is 6.18 Å². The number of aromatic amines is 1. The van der Waals surface area contributed by atoms with Crippen LogP contribution in [0, 0.1) is 0 Å². The van der Waals surface area contributed by atoms with Gasteiger partial charge >= 0.3 is 12.2 Å². The number of aromatic nitrogens is 2. The zero-order chi connectivity index (χ0) is 23.0. The molecule has 0 aliphatic carbocycles. The first kappa shape index (κ1) is 20.6. The van der Waals surface area contributed by atoms with E-state index in [2.05, 4.69) is 20.6 Å². The van der Waals surface area contributed by atoms with Gasteiger partial charge in [0.2, 0.25) is 0 Å². The third-order valence-corrected chi connectivity index (χ3v) is 5.34. The number of para-hydroxylation sites is 1. The second-order valence-electron chi connectivity index (χ2n) is 7.50. The van der Waals surface area contributed by atoms with Gasteiger partial charge in [-0.2, -0.15) is 13.2 Å². The lowest BCUT2D eigenvalue weighted by Crippen LogP contribution is -2.19. The van der Waals surface area contributed by atoms with Crippen LogP contribution in [0.15, 0.2) is 85.2 Å². The van der Waals surface area contributed by atoms with Gasteiger partial charge < -0.3 is 15.6 Å². The van der Waals surface area contributed by atoms with Gasteiger partial charge in [0.05, 0.1) is 16.8 Å². The Labute approximate surface area is 186 Å². The molecule has 3 aromatic carbocycles. The number of halogens is 3. The molecule has 0 saturated heterocycles. The van der Waals surface area contributed by atoms with Crippen molar-refractivity contribution in [3.05, 3.63) is 90.8 Å². The highest BCUT2D eigenvalue weighted by Crippen LogP contribution is 2.33. The molecule has 5 rings (SSSR count). The number of benzene rings is 3. The SMILES string of the molecule is O=C(Nc1ccc(C(F)(F)F)cc1)Nc1c[nH]c2ccc(-c3cccc4cccnc34)cc12. The molecule has 5 aromatic rings. The molecule has 0 saturated carbocycles. The van der Waals surface area contributed by atoms with Crippen molar-refractivity contribution in [3.63, 3.8) is 0 Å². The number of alkyl halides is 3. The van der Waals surface area contributed by atoms with Gasteiger partial charge in [-0.3, -0.25) is 4.98 Å². The highest BCUT2D eigenvalue weighted by molar-refractivity contribution is 6.07. The Bertz CT molecular complexity index is 1470. The smallest absolute Gasteiger partial charge is 0.359 e. The number of pyridine rings is 1. The van der Waals surface area contributed by atoms with E-state index in [0.29, 0.717) is 5.69 Å². The summed E-state index contributed by atoms with van der Waals surface area (Å²) < 4.78 is 38.2.